The molecule has 38 heavy (non-hydrogen) atoms. The lowest BCUT2D eigenvalue weighted by Gasteiger charge is -2.29. The minimum Gasteiger partial charge on any atom is -0.395 e. The van der Waals surface area contributed by atoms with Gasteiger partial charge in [0.1, 0.15) is 18.0 Å². The Morgan fingerprint density at radius 3 is 2.82 bits per heavy atom. The molecule has 0 saturated carbocycles. The largest absolute Gasteiger partial charge is 0.395 e. The van der Waals surface area contributed by atoms with E-state index in [4.69, 9.17) is 0 Å². The lowest BCUT2D eigenvalue weighted by Crippen LogP contribution is -2.48. The zero-order valence-electron chi connectivity index (χ0n) is 22.0. The number of aromatic nitrogens is 2. The molecule has 9 heteroatoms. The summed E-state index contributed by atoms with van der Waals surface area (Å²) in [5, 5.41) is 19.2. The van der Waals surface area contributed by atoms with Crippen molar-refractivity contribution in [3.05, 3.63) is 77.2 Å². The van der Waals surface area contributed by atoms with Crippen LogP contribution in [0, 0.1) is 11.6 Å². The molecule has 1 aliphatic carbocycles. The van der Waals surface area contributed by atoms with Crippen molar-refractivity contribution in [3.63, 3.8) is 0 Å². The van der Waals surface area contributed by atoms with Crippen LogP contribution in [-0.2, 0) is 24.2 Å². The van der Waals surface area contributed by atoms with E-state index >= 15 is 0 Å². The molecule has 0 bridgehead atoms. The zero-order chi connectivity index (χ0) is 27.1. The lowest BCUT2D eigenvalue weighted by atomic mass is 9.87. The van der Waals surface area contributed by atoms with Crippen molar-refractivity contribution in [2.45, 2.75) is 77.0 Å². The van der Waals surface area contributed by atoms with E-state index in [1.165, 1.54) is 6.07 Å². The molecule has 0 spiro atoms. The summed E-state index contributed by atoms with van der Waals surface area (Å²) in [4.78, 5) is 17.6. The first-order valence-electron chi connectivity index (χ1n) is 13.4. The van der Waals surface area contributed by atoms with Gasteiger partial charge in [0.2, 0.25) is 5.91 Å². The highest BCUT2D eigenvalue weighted by molar-refractivity contribution is 5.94. The molecule has 4 N–H and O–H groups in total. The SMILES string of the molecule is CCC[C@@H](N[C@H]1CCc2cc(F)cc(F)c2C1)C(=O)Nc1cn(-c2ccccc2CN[C@H](CC)CO)cn1. The van der Waals surface area contributed by atoms with Gasteiger partial charge in [-0.1, -0.05) is 38.5 Å². The Labute approximate surface area is 222 Å². The molecule has 1 heterocycles. The van der Waals surface area contributed by atoms with E-state index in [0.29, 0.717) is 49.2 Å². The van der Waals surface area contributed by atoms with Crippen LogP contribution < -0.4 is 16.0 Å². The van der Waals surface area contributed by atoms with Gasteiger partial charge in [0.05, 0.1) is 24.5 Å². The Morgan fingerprint density at radius 1 is 1.24 bits per heavy atom. The standard InChI is InChI=1S/C29H37F2N5O2/c1-3-7-26(34-23-11-10-19-12-21(30)13-25(31)24(19)14-23)29(38)35-28-16-36(18-33-28)27-9-6-5-8-20(27)15-32-22(4-2)17-37/h5-6,8-9,12-13,16,18,22-23,26,32,34,37H,3-4,7,10-11,14-15,17H2,1-2H3,(H,35,38)/t22-,23+,26-/m1/s1. The summed E-state index contributed by atoms with van der Waals surface area (Å²) in [6, 6.07) is 9.74. The number of carbonyl (C=O) groups is 1. The van der Waals surface area contributed by atoms with Crippen LogP contribution in [0.3, 0.4) is 0 Å². The summed E-state index contributed by atoms with van der Waals surface area (Å²) in [6.07, 6.45) is 7.40. The van der Waals surface area contributed by atoms with Crippen LogP contribution >= 0.6 is 0 Å². The minimum atomic E-state index is -0.551. The number of hydrogen-bond acceptors (Lipinski definition) is 5. The van der Waals surface area contributed by atoms with Crippen LogP contribution in [0.2, 0.25) is 0 Å². The number of aryl methyl sites for hydroxylation is 1. The fraction of sp³-hybridized carbons (Fsp3) is 0.448. The second-order valence-electron chi connectivity index (χ2n) is 9.93. The fourth-order valence-corrected chi connectivity index (χ4v) is 5.03. The van der Waals surface area contributed by atoms with Gasteiger partial charge in [-0.25, -0.2) is 13.8 Å². The third-order valence-electron chi connectivity index (χ3n) is 7.19. The second kappa shape index (κ2) is 13.1. The third-order valence-corrected chi connectivity index (χ3v) is 7.19. The van der Waals surface area contributed by atoms with E-state index in [-0.39, 0.29) is 24.6 Å². The van der Waals surface area contributed by atoms with Crippen molar-refractivity contribution >= 4 is 11.7 Å². The van der Waals surface area contributed by atoms with Gasteiger partial charge >= 0.3 is 0 Å². The van der Waals surface area contributed by atoms with Crippen molar-refractivity contribution in [2.75, 3.05) is 11.9 Å². The highest BCUT2D eigenvalue weighted by Crippen LogP contribution is 2.26. The van der Waals surface area contributed by atoms with Crippen LogP contribution in [0.15, 0.2) is 48.9 Å². The number of aliphatic hydroxyl groups excluding tert-OH is 1. The molecule has 1 aliphatic rings. The van der Waals surface area contributed by atoms with Gasteiger partial charge in [-0.2, -0.15) is 0 Å². The molecule has 0 unspecified atom stereocenters. The van der Waals surface area contributed by atoms with E-state index < -0.39 is 17.7 Å². The van der Waals surface area contributed by atoms with Crippen LogP contribution in [-0.4, -0.2) is 45.3 Å². The summed E-state index contributed by atoms with van der Waals surface area (Å²) in [6.45, 7) is 4.71. The molecule has 0 radical (unpaired) electrons. The Bertz CT molecular complexity index is 1230. The minimum absolute atomic E-state index is 0.0268. The van der Waals surface area contributed by atoms with Crippen LogP contribution in [0.25, 0.3) is 5.69 Å². The average molecular weight is 526 g/mol. The van der Waals surface area contributed by atoms with E-state index in [1.54, 1.807) is 12.5 Å². The van der Waals surface area contributed by atoms with Crippen molar-refractivity contribution in [3.8, 4) is 5.69 Å². The summed E-state index contributed by atoms with van der Waals surface area (Å²) in [7, 11) is 0. The maximum Gasteiger partial charge on any atom is 0.242 e. The first-order chi connectivity index (χ1) is 18.4. The number of imidazole rings is 1. The third kappa shape index (κ3) is 6.83. The monoisotopic (exact) mass is 525 g/mol. The Morgan fingerprint density at radius 2 is 2.05 bits per heavy atom. The number of aliphatic hydroxyl groups is 1. The van der Waals surface area contributed by atoms with Crippen LogP contribution in [0.5, 0.6) is 0 Å². The number of anilines is 1. The van der Waals surface area contributed by atoms with Crippen molar-refractivity contribution in [1.82, 2.24) is 20.2 Å². The molecule has 3 atom stereocenters. The van der Waals surface area contributed by atoms with E-state index in [2.05, 4.69) is 20.9 Å². The summed E-state index contributed by atoms with van der Waals surface area (Å²) < 4.78 is 29.8. The normalized spacial score (nSPS) is 16.6. The molecule has 4 rings (SSSR count). The molecule has 3 aromatic rings. The molecular formula is C29H37F2N5O2. The number of fused-ring (bicyclic) bond motifs is 1. The summed E-state index contributed by atoms with van der Waals surface area (Å²) in [5.74, 6) is -0.820. The van der Waals surface area contributed by atoms with Gasteiger partial charge in [-0.05, 0) is 60.9 Å². The van der Waals surface area contributed by atoms with E-state index in [0.717, 1.165) is 30.2 Å². The number of benzene rings is 2. The Balaban J connectivity index is 1.41. The van der Waals surface area contributed by atoms with Crippen LogP contribution in [0.4, 0.5) is 14.6 Å². The molecule has 7 nitrogen and oxygen atoms in total. The average Bonchev–Trinajstić information content (AvgIpc) is 3.37. The smallest absolute Gasteiger partial charge is 0.242 e. The van der Waals surface area contributed by atoms with E-state index in [9.17, 15) is 18.7 Å². The first-order valence-corrected chi connectivity index (χ1v) is 13.4. The van der Waals surface area contributed by atoms with Gasteiger partial charge in [-0.3, -0.25) is 4.79 Å². The van der Waals surface area contributed by atoms with Gasteiger partial charge in [-0.15, -0.1) is 0 Å². The molecule has 0 saturated heterocycles. The van der Waals surface area contributed by atoms with Crippen molar-refractivity contribution in [1.29, 1.82) is 0 Å². The maximum absolute atomic E-state index is 14.4. The van der Waals surface area contributed by atoms with Crippen molar-refractivity contribution < 1.29 is 18.7 Å². The number of rotatable bonds is 12. The molecule has 204 valence electrons. The maximum atomic E-state index is 14.4. The highest BCUT2D eigenvalue weighted by Gasteiger charge is 2.27. The number of nitrogens with zero attached hydrogens (tertiary/aromatic N) is 2. The zero-order valence-corrected chi connectivity index (χ0v) is 22.0. The summed E-state index contributed by atoms with van der Waals surface area (Å²) in [5.41, 5.74) is 3.22. The molecular weight excluding hydrogens is 488 g/mol. The lowest BCUT2D eigenvalue weighted by molar-refractivity contribution is -0.118. The molecule has 0 fully saturated rings. The van der Waals surface area contributed by atoms with Crippen molar-refractivity contribution in [2.24, 2.45) is 0 Å². The summed E-state index contributed by atoms with van der Waals surface area (Å²) >= 11 is 0. The first kappa shape index (κ1) is 27.9. The number of para-hydroxylation sites is 1. The number of hydrogen-bond donors (Lipinski definition) is 4. The molecule has 1 aromatic heterocycles. The Hall–Kier alpha value is -3.14. The number of carbonyl (C=O) groups excluding carboxylic acids is 1. The predicted molar refractivity (Wildman–Crippen MR) is 144 cm³/mol. The predicted octanol–water partition coefficient (Wildman–Crippen LogP) is 4.27. The van der Waals surface area contributed by atoms with E-state index in [1.807, 2.05) is 42.7 Å². The topological polar surface area (TPSA) is 91.2 Å². The number of halogens is 2. The highest BCUT2D eigenvalue weighted by atomic mass is 19.1. The van der Waals surface area contributed by atoms with Gasteiger partial charge in [0, 0.05) is 24.7 Å². The van der Waals surface area contributed by atoms with Crippen LogP contribution in [0.1, 0.15) is 56.2 Å². The van der Waals surface area contributed by atoms with Gasteiger partial charge in [0.15, 0.2) is 5.82 Å². The van der Waals surface area contributed by atoms with Gasteiger partial charge < -0.3 is 25.6 Å². The van der Waals surface area contributed by atoms with Gasteiger partial charge in [0.25, 0.3) is 0 Å². The quantitative estimate of drug-likeness (QED) is 0.284. The molecule has 1 amide bonds. The fourth-order valence-electron chi connectivity index (χ4n) is 5.03. The molecule has 0 aliphatic heterocycles. The molecule has 2 aromatic carbocycles. The second-order valence-corrected chi connectivity index (χ2v) is 9.93. The number of amides is 1. The Kier molecular flexibility index (Phi) is 9.60. The number of nitrogens with one attached hydrogen (secondary N) is 3.